The van der Waals surface area contributed by atoms with Crippen LogP contribution < -0.4 is 0 Å². The highest BCUT2D eigenvalue weighted by Crippen LogP contribution is 2.74. The van der Waals surface area contributed by atoms with Crippen molar-refractivity contribution in [3.05, 3.63) is 71.8 Å². The highest BCUT2D eigenvalue weighted by molar-refractivity contribution is 7.39. The molecule has 4 aliphatic rings. The number of esters is 2. The molecule has 2 heterocycles. The van der Waals surface area contributed by atoms with Crippen molar-refractivity contribution in [3.63, 3.8) is 0 Å². The Balaban J connectivity index is 1.39. The van der Waals surface area contributed by atoms with E-state index in [1.807, 2.05) is 36.4 Å². The van der Waals surface area contributed by atoms with Crippen LogP contribution in [-0.2, 0) is 14.2 Å². The van der Waals surface area contributed by atoms with Gasteiger partial charge in [-0.3, -0.25) is 0 Å². The summed E-state index contributed by atoms with van der Waals surface area (Å²) in [6, 6.07) is 18.1. The van der Waals surface area contributed by atoms with E-state index in [1.54, 1.807) is 24.3 Å². The van der Waals surface area contributed by atoms with Crippen molar-refractivity contribution in [2.24, 2.45) is 11.8 Å². The lowest BCUT2D eigenvalue weighted by Crippen LogP contribution is -2.60. The fourth-order valence-corrected chi connectivity index (χ4v) is 10.0. The van der Waals surface area contributed by atoms with Crippen LogP contribution in [0, 0.1) is 11.8 Å². The van der Waals surface area contributed by atoms with Gasteiger partial charge in [-0.15, -0.1) is 17.8 Å². The van der Waals surface area contributed by atoms with Crippen molar-refractivity contribution in [1.82, 2.24) is 0 Å². The molecule has 0 spiro atoms. The largest absolute Gasteiger partial charge is 0.454 e. The van der Waals surface area contributed by atoms with E-state index in [0.717, 1.165) is 19.3 Å². The highest BCUT2D eigenvalue weighted by Gasteiger charge is 2.80. The molecule has 10 unspecified atom stereocenters. The smallest absolute Gasteiger partial charge is 0.338 e. The molecule has 10 atom stereocenters. The molecule has 0 N–H and O–H groups in total. The summed E-state index contributed by atoms with van der Waals surface area (Å²) in [7, 11) is 3.61. The molecular formula is C26H28O5P2. The normalized spacial score (nSPS) is 40.3. The molecule has 2 aliphatic heterocycles. The maximum atomic E-state index is 13.2. The van der Waals surface area contributed by atoms with E-state index in [1.165, 1.54) is 0 Å². The van der Waals surface area contributed by atoms with Gasteiger partial charge >= 0.3 is 11.9 Å². The van der Waals surface area contributed by atoms with Crippen LogP contribution in [0.5, 0.6) is 0 Å². The molecule has 7 heteroatoms. The van der Waals surface area contributed by atoms with Gasteiger partial charge in [0, 0.05) is 22.1 Å². The minimum Gasteiger partial charge on any atom is -0.454 e. The summed E-state index contributed by atoms with van der Waals surface area (Å²) in [6.45, 7) is 2.20. The predicted molar refractivity (Wildman–Crippen MR) is 130 cm³/mol. The maximum Gasteiger partial charge on any atom is 0.338 e. The molecule has 2 aromatic rings. The Morgan fingerprint density at radius 2 is 1.39 bits per heavy atom. The van der Waals surface area contributed by atoms with E-state index >= 15 is 0 Å². The van der Waals surface area contributed by atoms with E-state index in [2.05, 4.69) is 15.9 Å². The number of fused-ring (bicyclic) bond motifs is 9. The molecule has 0 radical (unpaired) electrons. The summed E-state index contributed by atoms with van der Waals surface area (Å²) in [6.07, 6.45) is 2.36. The predicted octanol–water partition coefficient (Wildman–Crippen LogP) is 4.31. The van der Waals surface area contributed by atoms with Crippen LogP contribution in [0.15, 0.2) is 60.7 Å². The van der Waals surface area contributed by atoms with Crippen LogP contribution in [0.25, 0.3) is 0 Å². The van der Waals surface area contributed by atoms with Gasteiger partial charge in [0.2, 0.25) is 0 Å². The maximum absolute atomic E-state index is 13.2. The zero-order valence-corrected chi connectivity index (χ0v) is 20.6. The Bertz CT molecular complexity index is 1080. The third-order valence-electron chi connectivity index (χ3n) is 8.35. The average molecular weight is 482 g/mol. The Hall–Kier alpha value is -1.80. The van der Waals surface area contributed by atoms with E-state index in [-0.39, 0.29) is 34.5 Å². The average Bonchev–Trinajstić information content (AvgIpc) is 3.58. The molecule has 33 heavy (non-hydrogen) atoms. The van der Waals surface area contributed by atoms with Crippen LogP contribution >= 0.6 is 17.8 Å². The highest BCUT2D eigenvalue weighted by atomic mass is 31.1. The standard InChI is InChI=1S/C26H28O5P2/c1-33-26-14-25(32,19-17-12-13-18(29-17)20(19)26)21(30-23(27)15-8-4-2-5-9-15)22(26)31-24(28)16-10-6-3-7-11-16/h2-11,17-22,33H,12-14,32H2,1H3. The van der Waals surface area contributed by atoms with Crippen LogP contribution in [0.1, 0.15) is 40.0 Å². The Morgan fingerprint density at radius 1 is 0.879 bits per heavy atom. The van der Waals surface area contributed by atoms with Crippen LogP contribution in [-0.4, -0.2) is 53.3 Å². The number of carbonyl (C=O) groups excluding carboxylic acids is 2. The van der Waals surface area contributed by atoms with Crippen molar-refractivity contribution < 1.29 is 23.8 Å². The third-order valence-corrected chi connectivity index (χ3v) is 11.0. The molecule has 5 nitrogen and oxygen atoms in total. The van der Waals surface area contributed by atoms with Crippen molar-refractivity contribution in [3.8, 4) is 0 Å². The van der Waals surface area contributed by atoms with Crippen LogP contribution in [0.4, 0.5) is 0 Å². The SMILES string of the molecule is CPC12CC(P)(C(OC(=O)c3ccccc3)C1OC(=O)c1ccccc1)C1C3CCC(O3)C12. The molecule has 0 amide bonds. The van der Waals surface area contributed by atoms with E-state index in [4.69, 9.17) is 14.2 Å². The van der Waals surface area contributed by atoms with Gasteiger partial charge in [-0.05, 0) is 50.2 Å². The first-order valence-electron chi connectivity index (χ1n) is 11.6. The zero-order valence-electron chi connectivity index (χ0n) is 18.5. The van der Waals surface area contributed by atoms with Crippen LogP contribution in [0.2, 0.25) is 0 Å². The van der Waals surface area contributed by atoms with Gasteiger partial charge in [-0.25, -0.2) is 9.59 Å². The molecular weight excluding hydrogens is 454 g/mol. The Kier molecular flexibility index (Phi) is 5.18. The topological polar surface area (TPSA) is 61.8 Å². The third kappa shape index (κ3) is 3.09. The molecule has 172 valence electrons. The van der Waals surface area contributed by atoms with Gasteiger partial charge < -0.3 is 14.2 Å². The molecule has 6 rings (SSSR count). The first kappa shape index (κ1) is 21.7. The first-order valence-corrected chi connectivity index (χ1v) is 13.7. The summed E-state index contributed by atoms with van der Waals surface area (Å²) in [5, 5.41) is -0.599. The number of hydrogen-bond donors (Lipinski definition) is 0. The van der Waals surface area contributed by atoms with Crippen molar-refractivity contribution in [1.29, 1.82) is 0 Å². The quantitative estimate of drug-likeness (QED) is 0.470. The summed E-state index contributed by atoms with van der Waals surface area (Å²) in [5.74, 6) is -0.0991. The number of carbonyl (C=O) groups is 2. The number of benzene rings is 2. The second-order valence-electron chi connectivity index (χ2n) is 9.81. The first-order chi connectivity index (χ1) is 16.0. The second-order valence-corrected chi connectivity index (χ2v) is 12.3. The Labute approximate surface area is 197 Å². The molecule has 2 saturated heterocycles. The number of rotatable bonds is 5. The van der Waals surface area contributed by atoms with Crippen molar-refractivity contribution >= 4 is 29.8 Å². The molecule has 2 aliphatic carbocycles. The van der Waals surface area contributed by atoms with Gasteiger partial charge in [0.05, 0.1) is 23.3 Å². The van der Waals surface area contributed by atoms with Gasteiger partial charge in [0.15, 0.2) is 0 Å². The summed E-state index contributed by atoms with van der Waals surface area (Å²) in [5.41, 5.74) is 1.03. The van der Waals surface area contributed by atoms with Crippen molar-refractivity contribution in [2.75, 3.05) is 6.66 Å². The zero-order chi connectivity index (χ0) is 22.8. The fraction of sp³-hybridized carbons (Fsp3) is 0.462. The minimum absolute atomic E-state index is 0.194. The summed E-state index contributed by atoms with van der Waals surface area (Å²) in [4.78, 5) is 26.4. The monoisotopic (exact) mass is 482 g/mol. The van der Waals surface area contributed by atoms with Gasteiger partial charge in [0.1, 0.15) is 12.2 Å². The fourth-order valence-electron chi connectivity index (χ4n) is 7.14. The van der Waals surface area contributed by atoms with Gasteiger partial charge in [-0.2, -0.15) is 0 Å². The van der Waals surface area contributed by atoms with E-state index in [0.29, 0.717) is 31.5 Å². The summed E-state index contributed by atoms with van der Waals surface area (Å²) < 4.78 is 18.9. The number of ether oxygens (including phenoxy) is 3. The molecule has 2 saturated carbocycles. The summed E-state index contributed by atoms with van der Waals surface area (Å²) >= 11 is 0. The molecule has 2 aromatic carbocycles. The number of hydrogen-bond acceptors (Lipinski definition) is 5. The van der Waals surface area contributed by atoms with E-state index in [9.17, 15) is 9.59 Å². The lowest BCUT2D eigenvalue weighted by atomic mass is 9.68. The lowest BCUT2D eigenvalue weighted by molar-refractivity contribution is -0.0690. The molecule has 4 fully saturated rings. The minimum atomic E-state index is -0.528. The van der Waals surface area contributed by atoms with Gasteiger partial charge in [0.25, 0.3) is 0 Å². The molecule has 0 aromatic heterocycles. The lowest BCUT2D eigenvalue weighted by Gasteiger charge is -2.49. The molecule has 4 bridgehead atoms. The van der Waals surface area contributed by atoms with Crippen molar-refractivity contribution in [2.45, 2.75) is 54.0 Å². The Morgan fingerprint density at radius 3 is 1.94 bits per heavy atom. The van der Waals surface area contributed by atoms with E-state index < -0.39 is 12.2 Å². The van der Waals surface area contributed by atoms with Gasteiger partial charge in [-0.1, -0.05) is 36.4 Å². The van der Waals surface area contributed by atoms with Crippen LogP contribution in [0.3, 0.4) is 0 Å². The second kappa shape index (κ2) is 7.87.